The van der Waals surface area contributed by atoms with E-state index in [1.54, 1.807) is 0 Å². The standard InChI is InChI=1S/C37H34O20/c1-51-22-10-14(2-8-18(22)39)3-9-24(42)54-32-28(45)26(43)31(35(49)50)56-37(32)57-33-29(46)27(44)30(34(47)48)55-36(33)52-17-6-4-15(5-7-17)21-13-20(41)25-19(40)11-16(38)12-23(25)53-21/h2-13,26-33,36-40,43-46H,1H3,(H,47,48)(H,49,50)/b9-3+/t26-,27-,28-,29-,30-,31-,32+,33+,36+,37-/m1/s1. The average molecular weight is 799 g/mol. The Morgan fingerprint density at radius 1 is 0.737 bits per heavy atom. The summed E-state index contributed by atoms with van der Waals surface area (Å²) in [5, 5.41) is 92.2. The monoisotopic (exact) mass is 798 g/mol. The van der Waals surface area contributed by atoms with Crippen LogP contribution < -0.4 is 14.9 Å². The van der Waals surface area contributed by atoms with Gasteiger partial charge < -0.3 is 78.8 Å². The Bertz CT molecular complexity index is 2230. The molecular weight excluding hydrogens is 764 g/mol. The number of aliphatic hydroxyl groups excluding tert-OH is 4. The summed E-state index contributed by atoms with van der Waals surface area (Å²) < 4.78 is 38.4. The summed E-state index contributed by atoms with van der Waals surface area (Å²) in [4.78, 5) is 49.6. The second kappa shape index (κ2) is 16.5. The Kier molecular flexibility index (Phi) is 11.7. The molecule has 0 amide bonds. The van der Waals surface area contributed by atoms with Gasteiger partial charge in [0.15, 0.2) is 47.6 Å². The Morgan fingerprint density at radius 2 is 1.37 bits per heavy atom. The van der Waals surface area contributed by atoms with Crippen LogP contribution in [0.5, 0.6) is 28.7 Å². The maximum atomic E-state index is 12.9. The van der Waals surface area contributed by atoms with Gasteiger partial charge in [-0.15, -0.1) is 0 Å². The molecule has 0 saturated carbocycles. The first-order chi connectivity index (χ1) is 27.1. The molecule has 0 radical (unpaired) electrons. The van der Waals surface area contributed by atoms with E-state index in [-0.39, 0.29) is 45.3 Å². The Labute approximate surface area is 319 Å². The van der Waals surface area contributed by atoms with Gasteiger partial charge in [0.25, 0.3) is 0 Å². The zero-order chi connectivity index (χ0) is 41.3. The molecule has 2 aliphatic rings. The normalized spacial score (nSPS) is 27.5. The highest BCUT2D eigenvalue weighted by atomic mass is 16.8. The minimum absolute atomic E-state index is 0.00469. The molecule has 0 bridgehead atoms. The van der Waals surface area contributed by atoms with E-state index in [2.05, 4.69) is 0 Å². The van der Waals surface area contributed by atoms with Crippen molar-refractivity contribution in [1.82, 2.24) is 0 Å². The number of esters is 1. The summed E-state index contributed by atoms with van der Waals surface area (Å²) >= 11 is 0. The summed E-state index contributed by atoms with van der Waals surface area (Å²) in [7, 11) is 1.30. The molecule has 57 heavy (non-hydrogen) atoms. The second-order valence-corrected chi connectivity index (χ2v) is 12.7. The Hall–Kier alpha value is -6.26. The maximum Gasteiger partial charge on any atom is 0.335 e. The van der Waals surface area contributed by atoms with Gasteiger partial charge in [0.2, 0.25) is 6.29 Å². The number of carbonyl (C=O) groups excluding carboxylic acids is 1. The zero-order valence-electron chi connectivity index (χ0n) is 29.2. The van der Waals surface area contributed by atoms with E-state index in [0.29, 0.717) is 5.56 Å². The van der Waals surface area contributed by atoms with Crippen LogP contribution in [0.15, 0.2) is 76.0 Å². The molecule has 9 N–H and O–H groups in total. The van der Waals surface area contributed by atoms with Crippen LogP contribution in [0.3, 0.4) is 0 Å². The first-order valence-corrected chi connectivity index (χ1v) is 16.7. The van der Waals surface area contributed by atoms with Crippen LogP contribution in [-0.2, 0) is 33.3 Å². The van der Waals surface area contributed by atoms with Crippen molar-refractivity contribution in [3.63, 3.8) is 0 Å². The fourth-order valence-corrected chi connectivity index (χ4v) is 6.08. The predicted octanol–water partition coefficient (Wildman–Crippen LogP) is 0.0372. The topological polar surface area (TPSA) is 319 Å². The number of benzene rings is 3. The van der Waals surface area contributed by atoms with E-state index >= 15 is 0 Å². The fraction of sp³-hybridized carbons (Fsp3) is 0.297. The number of carboxylic acids is 2. The van der Waals surface area contributed by atoms with Gasteiger partial charge in [-0.1, -0.05) is 6.07 Å². The largest absolute Gasteiger partial charge is 0.508 e. The number of rotatable bonds is 11. The van der Waals surface area contributed by atoms with Crippen molar-refractivity contribution < 1.29 is 93.2 Å². The van der Waals surface area contributed by atoms with Gasteiger partial charge in [0.1, 0.15) is 58.4 Å². The Balaban J connectivity index is 1.27. The van der Waals surface area contributed by atoms with Crippen LogP contribution in [-0.4, -0.2) is 132 Å². The minimum Gasteiger partial charge on any atom is -0.508 e. The lowest BCUT2D eigenvalue weighted by Crippen LogP contribution is -2.66. The van der Waals surface area contributed by atoms with E-state index in [4.69, 9.17) is 32.8 Å². The molecule has 302 valence electrons. The summed E-state index contributed by atoms with van der Waals surface area (Å²) in [5.74, 6) is -5.75. The van der Waals surface area contributed by atoms with Crippen molar-refractivity contribution >= 4 is 35.0 Å². The molecule has 2 aliphatic heterocycles. The second-order valence-electron chi connectivity index (χ2n) is 12.7. The molecule has 6 rings (SSSR count). The number of ether oxygens (including phenoxy) is 6. The number of phenolic OH excluding ortho intramolecular Hbond substituents is 3. The van der Waals surface area contributed by atoms with Crippen molar-refractivity contribution in [3.05, 3.63) is 82.5 Å². The average Bonchev–Trinajstić information content (AvgIpc) is 3.16. The van der Waals surface area contributed by atoms with Crippen LogP contribution in [0.2, 0.25) is 0 Å². The molecule has 20 nitrogen and oxygen atoms in total. The van der Waals surface area contributed by atoms with Crippen molar-refractivity contribution in [2.75, 3.05) is 7.11 Å². The lowest BCUT2D eigenvalue weighted by molar-refractivity contribution is -0.350. The summed E-state index contributed by atoms with van der Waals surface area (Å²) in [6.07, 6.45) is -19.0. The molecule has 10 atom stereocenters. The molecular formula is C37H34O20. The third-order valence-electron chi connectivity index (χ3n) is 8.92. The first kappa shape index (κ1) is 40.4. The molecule has 0 spiro atoms. The van der Waals surface area contributed by atoms with Gasteiger partial charge in [0, 0.05) is 29.8 Å². The van der Waals surface area contributed by atoms with Crippen LogP contribution in [0.1, 0.15) is 5.56 Å². The number of hydrogen-bond acceptors (Lipinski definition) is 18. The predicted molar refractivity (Wildman–Crippen MR) is 187 cm³/mol. The molecule has 2 fully saturated rings. The third kappa shape index (κ3) is 8.46. The first-order valence-electron chi connectivity index (χ1n) is 16.7. The SMILES string of the molecule is COc1cc(/C=C/C(=O)O[C@@H]2[C@@H](O[C@@H]3[C@@H](Oc4ccc(-c5cc(=O)c6c(O)cc(O)cc6o5)cc4)O[C@@H](C(=O)O)[C@H](O)[C@H]3O)O[C@@H](C(=O)O)[C@H](O)[C@H]2O)ccc1O. The van der Waals surface area contributed by atoms with Gasteiger partial charge >= 0.3 is 17.9 Å². The van der Waals surface area contributed by atoms with Crippen LogP contribution in [0.25, 0.3) is 28.4 Å². The number of phenols is 3. The van der Waals surface area contributed by atoms with Crippen molar-refractivity contribution in [3.8, 4) is 40.1 Å². The molecule has 0 aliphatic carbocycles. The van der Waals surface area contributed by atoms with Gasteiger partial charge in [0.05, 0.1) is 7.11 Å². The number of aliphatic hydroxyl groups is 4. The summed E-state index contributed by atoms with van der Waals surface area (Å²) in [6, 6.07) is 12.6. The summed E-state index contributed by atoms with van der Waals surface area (Å²) in [6.45, 7) is 0. The van der Waals surface area contributed by atoms with Crippen LogP contribution in [0, 0.1) is 0 Å². The van der Waals surface area contributed by atoms with E-state index in [9.17, 15) is 65.1 Å². The lowest BCUT2D eigenvalue weighted by Gasteiger charge is -2.45. The van der Waals surface area contributed by atoms with Crippen LogP contribution >= 0.6 is 0 Å². The van der Waals surface area contributed by atoms with E-state index < -0.39 is 90.5 Å². The number of fused-ring (bicyclic) bond motifs is 1. The van der Waals surface area contributed by atoms with E-state index in [1.165, 1.54) is 55.7 Å². The number of aromatic hydroxyl groups is 3. The lowest BCUT2D eigenvalue weighted by atomic mass is 9.96. The van der Waals surface area contributed by atoms with E-state index in [0.717, 1.165) is 24.3 Å². The van der Waals surface area contributed by atoms with Gasteiger partial charge in [-0.25, -0.2) is 14.4 Å². The van der Waals surface area contributed by atoms with Crippen molar-refractivity contribution in [2.45, 2.75) is 61.4 Å². The number of hydrogen-bond donors (Lipinski definition) is 9. The fourth-order valence-electron chi connectivity index (χ4n) is 6.08. The number of methoxy groups -OCH3 is 1. The molecule has 3 heterocycles. The highest BCUT2D eigenvalue weighted by molar-refractivity contribution is 5.87. The third-order valence-corrected chi connectivity index (χ3v) is 8.92. The highest BCUT2D eigenvalue weighted by Crippen LogP contribution is 2.34. The van der Waals surface area contributed by atoms with Crippen molar-refractivity contribution in [1.29, 1.82) is 0 Å². The number of aliphatic carboxylic acids is 2. The van der Waals surface area contributed by atoms with Crippen molar-refractivity contribution in [2.24, 2.45) is 0 Å². The zero-order valence-corrected chi connectivity index (χ0v) is 29.2. The summed E-state index contributed by atoms with van der Waals surface area (Å²) in [5.41, 5.74) is -0.117. The Morgan fingerprint density at radius 3 is 2.00 bits per heavy atom. The molecule has 20 heteroatoms. The van der Waals surface area contributed by atoms with Gasteiger partial charge in [-0.05, 0) is 48.0 Å². The van der Waals surface area contributed by atoms with Crippen LogP contribution in [0.4, 0.5) is 0 Å². The molecule has 3 aromatic carbocycles. The quantitative estimate of drug-likeness (QED) is 0.0714. The number of carbonyl (C=O) groups is 3. The van der Waals surface area contributed by atoms with Gasteiger partial charge in [-0.2, -0.15) is 0 Å². The van der Waals surface area contributed by atoms with E-state index in [1.807, 2.05) is 0 Å². The molecule has 2 saturated heterocycles. The number of carboxylic acid groups (broad SMARTS) is 2. The maximum absolute atomic E-state index is 12.9. The molecule has 0 unspecified atom stereocenters. The molecule has 4 aromatic rings. The molecule has 1 aromatic heterocycles. The highest BCUT2D eigenvalue weighted by Gasteiger charge is 2.55. The van der Waals surface area contributed by atoms with Gasteiger partial charge in [-0.3, -0.25) is 4.79 Å². The minimum atomic E-state index is -2.19. The smallest absolute Gasteiger partial charge is 0.335 e.